The molecule has 6 nitrogen and oxygen atoms in total. The highest BCUT2D eigenvalue weighted by Gasteiger charge is 2.07. The van der Waals surface area contributed by atoms with Crippen LogP contribution in [0.15, 0.2) is 18.2 Å². The summed E-state index contributed by atoms with van der Waals surface area (Å²) in [6.45, 7) is 5.72. The van der Waals surface area contributed by atoms with Gasteiger partial charge in [0.05, 0.1) is 9.21 Å². The molecular formula is C14H18ClN5OS. The molecular weight excluding hydrogens is 322 g/mol. The molecule has 3 N–H and O–H groups in total. The molecule has 118 valence electrons. The first-order chi connectivity index (χ1) is 10.6. The van der Waals surface area contributed by atoms with E-state index in [-0.39, 0.29) is 5.91 Å². The summed E-state index contributed by atoms with van der Waals surface area (Å²) in [7, 11) is 0. The number of anilines is 2. The van der Waals surface area contributed by atoms with Crippen LogP contribution < -0.4 is 16.0 Å². The maximum atomic E-state index is 11.8. The number of aromatic nitrogens is 2. The SMILES string of the molecule is CCNc1cc(NCCNC(=O)c2ccc(Cl)s2)nc(C)n1. The predicted molar refractivity (Wildman–Crippen MR) is 91.1 cm³/mol. The van der Waals surface area contributed by atoms with Crippen molar-refractivity contribution in [2.45, 2.75) is 13.8 Å². The Labute approximate surface area is 138 Å². The van der Waals surface area contributed by atoms with Gasteiger partial charge < -0.3 is 16.0 Å². The fourth-order valence-corrected chi connectivity index (χ4v) is 2.78. The zero-order chi connectivity index (χ0) is 15.9. The van der Waals surface area contributed by atoms with Crippen LogP contribution in [0.1, 0.15) is 22.4 Å². The van der Waals surface area contributed by atoms with Gasteiger partial charge in [0, 0.05) is 25.7 Å². The molecule has 0 saturated carbocycles. The normalized spacial score (nSPS) is 10.3. The van der Waals surface area contributed by atoms with Gasteiger partial charge in [-0.3, -0.25) is 4.79 Å². The average molecular weight is 340 g/mol. The van der Waals surface area contributed by atoms with Gasteiger partial charge in [-0.25, -0.2) is 9.97 Å². The van der Waals surface area contributed by atoms with E-state index in [9.17, 15) is 4.79 Å². The number of nitrogens with zero attached hydrogens (tertiary/aromatic N) is 2. The Hall–Kier alpha value is -1.86. The standard InChI is InChI=1S/C14H18ClN5OS/c1-3-16-12-8-13(20-9(2)19-12)17-6-7-18-14(21)10-4-5-11(15)22-10/h4-5,8H,3,6-7H2,1-2H3,(H,18,21)(H2,16,17,19,20). The van der Waals surface area contributed by atoms with Crippen LogP contribution in [-0.4, -0.2) is 35.5 Å². The minimum atomic E-state index is -0.120. The predicted octanol–water partition coefficient (Wildman–Crippen LogP) is 2.77. The monoisotopic (exact) mass is 339 g/mol. The van der Waals surface area contributed by atoms with Crippen molar-refractivity contribution in [2.24, 2.45) is 0 Å². The smallest absolute Gasteiger partial charge is 0.261 e. The molecule has 2 aromatic heterocycles. The molecule has 0 fully saturated rings. The zero-order valence-electron chi connectivity index (χ0n) is 12.4. The van der Waals surface area contributed by atoms with E-state index in [4.69, 9.17) is 11.6 Å². The molecule has 0 radical (unpaired) electrons. The number of nitrogens with one attached hydrogen (secondary N) is 3. The Balaban J connectivity index is 1.80. The number of hydrogen-bond donors (Lipinski definition) is 3. The number of hydrogen-bond acceptors (Lipinski definition) is 6. The summed E-state index contributed by atoms with van der Waals surface area (Å²) >= 11 is 7.07. The van der Waals surface area contributed by atoms with Crippen molar-refractivity contribution in [3.63, 3.8) is 0 Å². The number of carbonyl (C=O) groups excluding carboxylic acids is 1. The third-order valence-electron chi connectivity index (χ3n) is 2.71. The Bertz CT molecular complexity index is 646. The van der Waals surface area contributed by atoms with E-state index in [0.29, 0.717) is 28.1 Å². The first kappa shape index (κ1) is 16.5. The summed E-state index contributed by atoms with van der Waals surface area (Å²) < 4.78 is 0.607. The van der Waals surface area contributed by atoms with Crippen LogP contribution in [0, 0.1) is 6.92 Å². The maximum absolute atomic E-state index is 11.8. The minimum absolute atomic E-state index is 0.120. The lowest BCUT2D eigenvalue weighted by atomic mass is 10.4. The number of amides is 1. The van der Waals surface area contributed by atoms with Crippen molar-refractivity contribution in [2.75, 3.05) is 30.3 Å². The molecule has 0 bridgehead atoms. The fraction of sp³-hybridized carbons (Fsp3) is 0.357. The fourth-order valence-electron chi connectivity index (χ4n) is 1.82. The summed E-state index contributed by atoms with van der Waals surface area (Å²) in [5.41, 5.74) is 0. The molecule has 8 heteroatoms. The van der Waals surface area contributed by atoms with E-state index < -0.39 is 0 Å². The molecule has 2 heterocycles. The number of carbonyl (C=O) groups is 1. The topological polar surface area (TPSA) is 78.9 Å². The van der Waals surface area contributed by atoms with Gasteiger partial charge >= 0.3 is 0 Å². The van der Waals surface area contributed by atoms with Crippen molar-refractivity contribution in [1.29, 1.82) is 0 Å². The van der Waals surface area contributed by atoms with E-state index in [1.807, 2.05) is 19.9 Å². The Kier molecular flexibility index (Phi) is 5.97. The van der Waals surface area contributed by atoms with E-state index in [2.05, 4.69) is 25.9 Å². The summed E-state index contributed by atoms with van der Waals surface area (Å²) in [6.07, 6.45) is 0. The van der Waals surface area contributed by atoms with Crippen molar-refractivity contribution in [3.8, 4) is 0 Å². The van der Waals surface area contributed by atoms with Crippen LogP contribution in [0.4, 0.5) is 11.6 Å². The number of rotatable bonds is 7. The average Bonchev–Trinajstić information content (AvgIpc) is 2.90. The third-order valence-corrected chi connectivity index (χ3v) is 3.94. The summed E-state index contributed by atoms with van der Waals surface area (Å²) in [6, 6.07) is 5.27. The van der Waals surface area contributed by atoms with Gasteiger partial charge in [-0.2, -0.15) is 0 Å². The van der Waals surface area contributed by atoms with E-state index >= 15 is 0 Å². The lowest BCUT2D eigenvalue weighted by Gasteiger charge is -2.09. The number of thiophene rings is 1. The molecule has 1 amide bonds. The van der Waals surface area contributed by atoms with Crippen LogP contribution in [0.2, 0.25) is 4.34 Å². The van der Waals surface area contributed by atoms with Crippen molar-refractivity contribution in [1.82, 2.24) is 15.3 Å². The molecule has 0 atom stereocenters. The molecule has 2 aromatic rings. The van der Waals surface area contributed by atoms with Gasteiger partial charge in [-0.05, 0) is 26.0 Å². The van der Waals surface area contributed by atoms with Crippen LogP contribution in [0.5, 0.6) is 0 Å². The Morgan fingerprint density at radius 1 is 1.23 bits per heavy atom. The van der Waals surface area contributed by atoms with Crippen LogP contribution in [0.25, 0.3) is 0 Å². The van der Waals surface area contributed by atoms with Gasteiger partial charge in [0.25, 0.3) is 5.91 Å². The van der Waals surface area contributed by atoms with Gasteiger partial charge in [-0.1, -0.05) is 11.6 Å². The molecule has 22 heavy (non-hydrogen) atoms. The second-order valence-electron chi connectivity index (χ2n) is 4.50. The molecule has 0 aliphatic rings. The highest BCUT2D eigenvalue weighted by molar-refractivity contribution is 7.17. The van der Waals surface area contributed by atoms with Crippen molar-refractivity contribution >= 4 is 40.5 Å². The van der Waals surface area contributed by atoms with Crippen LogP contribution >= 0.6 is 22.9 Å². The lowest BCUT2D eigenvalue weighted by molar-refractivity contribution is 0.0959. The molecule has 0 aromatic carbocycles. The summed E-state index contributed by atoms with van der Waals surface area (Å²) in [5.74, 6) is 2.09. The van der Waals surface area contributed by atoms with Crippen LogP contribution in [-0.2, 0) is 0 Å². The first-order valence-electron chi connectivity index (χ1n) is 6.95. The molecule has 0 aliphatic heterocycles. The van der Waals surface area contributed by atoms with Gasteiger partial charge in [0.1, 0.15) is 17.5 Å². The molecule has 0 aliphatic carbocycles. The molecule has 0 unspecified atom stereocenters. The zero-order valence-corrected chi connectivity index (χ0v) is 14.0. The number of aryl methyl sites for hydroxylation is 1. The minimum Gasteiger partial charge on any atom is -0.370 e. The van der Waals surface area contributed by atoms with Crippen LogP contribution in [0.3, 0.4) is 0 Å². The maximum Gasteiger partial charge on any atom is 0.261 e. The Morgan fingerprint density at radius 3 is 2.59 bits per heavy atom. The molecule has 2 rings (SSSR count). The second-order valence-corrected chi connectivity index (χ2v) is 6.22. The van der Waals surface area contributed by atoms with Crippen molar-refractivity contribution < 1.29 is 4.79 Å². The lowest BCUT2D eigenvalue weighted by Crippen LogP contribution is -2.28. The highest BCUT2D eigenvalue weighted by Crippen LogP contribution is 2.20. The van der Waals surface area contributed by atoms with E-state index in [0.717, 1.165) is 18.2 Å². The third kappa shape index (κ3) is 4.85. The molecule has 0 spiro atoms. The van der Waals surface area contributed by atoms with Gasteiger partial charge in [-0.15, -0.1) is 11.3 Å². The van der Waals surface area contributed by atoms with E-state index in [1.165, 1.54) is 11.3 Å². The summed E-state index contributed by atoms with van der Waals surface area (Å²) in [4.78, 5) is 21.0. The van der Waals surface area contributed by atoms with Gasteiger partial charge in [0.2, 0.25) is 0 Å². The highest BCUT2D eigenvalue weighted by atomic mass is 35.5. The van der Waals surface area contributed by atoms with Crippen molar-refractivity contribution in [3.05, 3.63) is 33.2 Å². The molecule has 0 saturated heterocycles. The van der Waals surface area contributed by atoms with E-state index in [1.54, 1.807) is 12.1 Å². The second kappa shape index (κ2) is 7.95. The Morgan fingerprint density at radius 2 is 1.95 bits per heavy atom. The first-order valence-corrected chi connectivity index (χ1v) is 8.15. The number of halogens is 1. The summed E-state index contributed by atoms with van der Waals surface area (Å²) in [5, 5.41) is 9.15. The quantitative estimate of drug-likeness (QED) is 0.676. The largest absolute Gasteiger partial charge is 0.370 e. The van der Waals surface area contributed by atoms with Gasteiger partial charge in [0.15, 0.2) is 0 Å².